The van der Waals surface area contributed by atoms with Crippen molar-refractivity contribution in [2.45, 2.75) is 23.5 Å². The molecule has 1 aromatic heterocycles. The van der Waals surface area contributed by atoms with Crippen LogP contribution in [0.1, 0.15) is 12.5 Å². The first-order valence-electron chi connectivity index (χ1n) is 8.56. The molecule has 3 aromatic rings. The molecule has 1 N–H and O–H groups in total. The molecule has 0 saturated heterocycles. The molecule has 158 valence electrons. The molecule has 0 aliphatic carbocycles. The Bertz CT molecular complexity index is 1090. The van der Waals surface area contributed by atoms with Gasteiger partial charge in [0.05, 0.1) is 21.4 Å². The van der Waals surface area contributed by atoms with E-state index in [0.717, 1.165) is 23.9 Å². The van der Waals surface area contributed by atoms with E-state index in [0.29, 0.717) is 5.16 Å². The minimum Gasteiger partial charge on any atom is -0.325 e. The molecular weight excluding hydrogens is 444 g/mol. The quantitative estimate of drug-likeness (QED) is 0.410. The maximum absolute atomic E-state index is 14.0. The Kier molecular flexibility index (Phi) is 6.37. The SMILES string of the molecule is CC(Sc1nnc(-c2ccccc2F)n1C)C(=O)Nc1ccc(Cl)c(C(F)(F)F)c1. The maximum Gasteiger partial charge on any atom is 0.417 e. The van der Waals surface area contributed by atoms with E-state index < -0.39 is 33.7 Å². The van der Waals surface area contributed by atoms with Crippen molar-refractivity contribution < 1.29 is 22.4 Å². The Morgan fingerprint density at radius 1 is 1.20 bits per heavy atom. The summed E-state index contributed by atoms with van der Waals surface area (Å²) >= 11 is 6.63. The number of rotatable bonds is 5. The van der Waals surface area contributed by atoms with Crippen LogP contribution in [-0.4, -0.2) is 25.9 Å². The van der Waals surface area contributed by atoms with Crippen LogP contribution in [0.25, 0.3) is 11.4 Å². The third-order valence-electron chi connectivity index (χ3n) is 4.14. The van der Waals surface area contributed by atoms with Crippen LogP contribution >= 0.6 is 23.4 Å². The van der Waals surface area contributed by atoms with Gasteiger partial charge < -0.3 is 9.88 Å². The molecule has 1 atom stereocenters. The molecule has 2 aromatic carbocycles. The molecule has 0 aliphatic heterocycles. The number of aromatic nitrogens is 3. The van der Waals surface area contributed by atoms with Crippen molar-refractivity contribution in [3.63, 3.8) is 0 Å². The third-order valence-corrected chi connectivity index (χ3v) is 5.60. The van der Waals surface area contributed by atoms with Crippen LogP contribution in [-0.2, 0) is 18.0 Å². The summed E-state index contributed by atoms with van der Waals surface area (Å²) in [5.41, 5.74) is -0.809. The van der Waals surface area contributed by atoms with E-state index in [1.807, 2.05) is 0 Å². The zero-order valence-electron chi connectivity index (χ0n) is 15.7. The van der Waals surface area contributed by atoms with Gasteiger partial charge in [-0.1, -0.05) is 35.5 Å². The highest BCUT2D eigenvalue weighted by atomic mass is 35.5. The van der Waals surface area contributed by atoms with Gasteiger partial charge in [0.15, 0.2) is 11.0 Å². The number of nitrogens with zero attached hydrogens (tertiary/aromatic N) is 3. The Labute approximate surface area is 178 Å². The Balaban J connectivity index is 1.74. The second-order valence-corrected chi connectivity index (χ2v) is 8.00. The van der Waals surface area contributed by atoms with Gasteiger partial charge in [-0.3, -0.25) is 4.79 Å². The van der Waals surface area contributed by atoms with Crippen molar-refractivity contribution in [3.05, 3.63) is 58.9 Å². The van der Waals surface area contributed by atoms with Gasteiger partial charge in [0.1, 0.15) is 5.82 Å². The summed E-state index contributed by atoms with van der Waals surface area (Å²) in [6.07, 6.45) is -4.64. The number of benzene rings is 2. The Morgan fingerprint density at radius 3 is 2.57 bits per heavy atom. The van der Waals surface area contributed by atoms with Crippen LogP contribution in [0, 0.1) is 5.82 Å². The van der Waals surface area contributed by atoms with Gasteiger partial charge in [-0.15, -0.1) is 10.2 Å². The largest absolute Gasteiger partial charge is 0.417 e. The Hall–Kier alpha value is -2.59. The normalized spacial score (nSPS) is 12.6. The number of hydrogen-bond donors (Lipinski definition) is 1. The zero-order chi connectivity index (χ0) is 22.1. The molecule has 0 bridgehead atoms. The topological polar surface area (TPSA) is 59.8 Å². The summed E-state index contributed by atoms with van der Waals surface area (Å²) in [6.45, 7) is 1.57. The van der Waals surface area contributed by atoms with Crippen LogP contribution in [0.3, 0.4) is 0 Å². The Morgan fingerprint density at radius 2 is 1.90 bits per heavy atom. The monoisotopic (exact) mass is 458 g/mol. The number of carbonyl (C=O) groups excluding carboxylic acids is 1. The summed E-state index contributed by atoms with van der Waals surface area (Å²) in [5.74, 6) is -0.708. The summed E-state index contributed by atoms with van der Waals surface area (Å²) in [6, 6.07) is 9.20. The number of anilines is 1. The first kappa shape index (κ1) is 22.1. The van der Waals surface area contributed by atoms with Gasteiger partial charge in [-0.05, 0) is 37.3 Å². The number of amides is 1. The average Bonchev–Trinajstić information content (AvgIpc) is 3.03. The van der Waals surface area contributed by atoms with Crippen molar-refractivity contribution in [1.82, 2.24) is 14.8 Å². The van der Waals surface area contributed by atoms with Crippen molar-refractivity contribution >= 4 is 35.0 Å². The molecule has 5 nitrogen and oxygen atoms in total. The fourth-order valence-corrected chi connectivity index (χ4v) is 3.61. The predicted molar refractivity (Wildman–Crippen MR) is 107 cm³/mol. The highest BCUT2D eigenvalue weighted by Gasteiger charge is 2.33. The molecule has 0 fully saturated rings. The predicted octanol–water partition coefficient (Wildman–Crippen LogP) is 5.41. The smallest absolute Gasteiger partial charge is 0.325 e. The fourth-order valence-electron chi connectivity index (χ4n) is 2.57. The van der Waals surface area contributed by atoms with E-state index in [1.165, 1.54) is 16.7 Å². The van der Waals surface area contributed by atoms with E-state index in [2.05, 4.69) is 15.5 Å². The molecule has 11 heteroatoms. The lowest BCUT2D eigenvalue weighted by molar-refractivity contribution is -0.137. The number of hydrogen-bond acceptors (Lipinski definition) is 4. The molecule has 3 rings (SSSR count). The number of nitrogens with one attached hydrogen (secondary N) is 1. The van der Waals surface area contributed by atoms with Crippen LogP contribution in [0.5, 0.6) is 0 Å². The standard InChI is InChI=1S/C19H15ClF4N4OS/c1-10(17(29)25-11-7-8-14(20)13(9-11)19(22,23)24)30-18-27-26-16(28(18)2)12-5-3-4-6-15(12)21/h3-10H,1-2H3,(H,25,29). The van der Waals surface area contributed by atoms with Gasteiger partial charge in [-0.25, -0.2) is 4.39 Å². The fraction of sp³-hybridized carbons (Fsp3) is 0.211. The molecule has 0 aliphatic rings. The van der Waals surface area contributed by atoms with Gasteiger partial charge >= 0.3 is 6.18 Å². The van der Waals surface area contributed by atoms with Gasteiger partial charge in [-0.2, -0.15) is 13.2 Å². The zero-order valence-corrected chi connectivity index (χ0v) is 17.2. The van der Waals surface area contributed by atoms with Crippen molar-refractivity contribution in [3.8, 4) is 11.4 Å². The second kappa shape index (κ2) is 8.65. The van der Waals surface area contributed by atoms with Crippen LogP contribution in [0.2, 0.25) is 5.02 Å². The van der Waals surface area contributed by atoms with Crippen LogP contribution in [0.15, 0.2) is 47.6 Å². The number of alkyl halides is 3. The summed E-state index contributed by atoms with van der Waals surface area (Å²) in [7, 11) is 1.63. The van der Waals surface area contributed by atoms with Crippen LogP contribution in [0.4, 0.5) is 23.2 Å². The van der Waals surface area contributed by atoms with Crippen molar-refractivity contribution in [1.29, 1.82) is 0 Å². The second-order valence-electron chi connectivity index (χ2n) is 6.29. The van der Waals surface area contributed by atoms with E-state index in [4.69, 9.17) is 11.6 Å². The minimum absolute atomic E-state index is 0.0332. The third kappa shape index (κ3) is 4.76. The molecule has 0 spiro atoms. The molecule has 1 heterocycles. The van der Waals surface area contributed by atoms with Crippen LogP contribution < -0.4 is 5.32 Å². The summed E-state index contributed by atoms with van der Waals surface area (Å²) < 4.78 is 54.5. The van der Waals surface area contributed by atoms with E-state index in [-0.39, 0.29) is 17.1 Å². The van der Waals surface area contributed by atoms with E-state index in [1.54, 1.807) is 32.2 Å². The molecule has 30 heavy (non-hydrogen) atoms. The highest BCUT2D eigenvalue weighted by molar-refractivity contribution is 8.00. The number of thioether (sulfide) groups is 1. The number of carbonyl (C=O) groups is 1. The molecule has 0 radical (unpaired) electrons. The van der Waals surface area contributed by atoms with E-state index in [9.17, 15) is 22.4 Å². The summed E-state index contributed by atoms with van der Waals surface area (Å²) in [4.78, 5) is 12.4. The number of halogens is 5. The molecule has 0 saturated carbocycles. The molecule has 1 amide bonds. The highest BCUT2D eigenvalue weighted by Crippen LogP contribution is 2.36. The van der Waals surface area contributed by atoms with Gasteiger partial charge in [0.25, 0.3) is 0 Å². The first-order chi connectivity index (χ1) is 14.1. The van der Waals surface area contributed by atoms with Gasteiger partial charge in [0.2, 0.25) is 5.91 Å². The lowest BCUT2D eigenvalue weighted by Gasteiger charge is -2.14. The lowest BCUT2D eigenvalue weighted by atomic mass is 10.2. The summed E-state index contributed by atoms with van der Waals surface area (Å²) in [5, 5.41) is 9.57. The minimum atomic E-state index is -4.64. The van der Waals surface area contributed by atoms with Gasteiger partial charge in [0, 0.05) is 12.7 Å². The van der Waals surface area contributed by atoms with Crippen molar-refractivity contribution in [2.75, 3.05) is 5.32 Å². The maximum atomic E-state index is 14.0. The lowest BCUT2D eigenvalue weighted by Crippen LogP contribution is -2.23. The van der Waals surface area contributed by atoms with E-state index >= 15 is 0 Å². The first-order valence-corrected chi connectivity index (χ1v) is 9.82. The molecule has 1 unspecified atom stereocenters. The molecular formula is C19H15ClF4N4OS. The van der Waals surface area contributed by atoms with Crippen molar-refractivity contribution in [2.24, 2.45) is 7.05 Å². The average molecular weight is 459 g/mol.